The molecule has 0 unspecified atom stereocenters. The number of aromatic nitrogens is 2. The van der Waals surface area contributed by atoms with Gasteiger partial charge < -0.3 is 5.11 Å². The van der Waals surface area contributed by atoms with Crippen molar-refractivity contribution in [3.63, 3.8) is 0 Å². The van der Waals surface area contributed by atoms with Crippen molar-refractivity contribution in [3.05, 3.63) is 65.5 Å². The Morgan fingerprint density at radius 3 is 2.53 bits per heavy atom. The van der Waals surface area contributed by atoms with Crippen LogP contribution in [0.25, 0.3) is 10.6 Å². The second-order valence-corrected chi connectivity index (χ2v) is 8.12. The van der Waals surface area contributed by atoms with Gasteiger partial charge in [0.15, 0.2) is 0 Å². The molecule has 1 aliphatic heterocycles. The molecule has 2 aromatic carbocycles. The fourth-order valence-electron chi connectivity index (χ4n) is 3.24. The van der Waals surface area contributed by atoms with Crippen LogP contribution >= 0.6 is 11.3 Å². The Morgan fingerprint density at radius 2 is 1.87 bits per heavy atom. The predicted octanol–water partition coefficient (Wildman–Crippen LogP) is 3.14. The first kappa shape index (κ1) is 20.1. The average Bonchev–Trinajstić information content (AvgIpc) is 3.20. The van der Waals surface area contributed by atoms with Crippen molar-refractivity contribution in [3.8, 4) is 10.6 Å². The van der Waals surface area contributed by atoms with Crippen molar-refractivity contribution in [1.82, 2.24) is 15.1 Å². The molecule has 3 aromatic rings. The van der Waals surface area contributed by atoms with E-state index in [-0.39, 0.29) is 11.5 Å². The molecule has 30 heavy (non-hydrogen) atoms. The number of carbonyl (C=O) groups is 2. The highest BCUT2D eigenvalue weighted by atomic mass is 32.1. The summed E-state index contributed by atoms with van der Waals surface area (Å²) >= 11 is 1.25. The summed E-state index contributed by atoms with van der Waals surface area (Å²) in [7, 11) is 1.54. The highest BCUT2D eigenvalue weighted by Crippen LogP contribution is 2.29. The number of carboxylic acid groups (broad SMARTS) is 1. The lowest BCUT2D eigenvalue weighted by atomic mass is 9.99. The van der Waals surface area contributed by atoms with Crippen molar-refractivity contribution in [2.75, 3.05) is 25.0 Å². The van der Waals surface area contributed by atoms with Crippen molar-refractivity contribution >= 4 is 28.3 Å². The van der Waals surface area contributed by atoms with E-state index in [0.29, 0.717) is 29.8 Å². The maximum atomic E-state index is 13.9. The normalized spacial score (nSPS) is 14.3. The van der Waals surface area contributed by atoms with Crippen molar-refractivity contribution in [2.24, 2.45) is 5.92 Å². The van der Waals surface area contributed by atoms with Crippen LogP contribution in [0.5, 0.6) is 0 Å². The second kappa shape index (κ2) is 8.29. The molecule has 1 N–H and O–H groups in total. The third kappa shape index (κ3) is 4.07. The van der Waals surface area contributed by atoms with E-state index >= 15 is 0 Å². The number of hydrogen-bond donors (Lipinski definition) is 1. The molecule has 0 radical (unpaired) electrons. The molecule has 154 valence electrons. The maximum absolute atomic E-state index is 13.9. The minimum atomic E-state index is -0.743. The minimum Gasteiger partial charge on any atom is -0.481 e. The van der Waals surface area contributed by atoms with Gasteiger partial charge in [0.25, 0.3) is 5.91 Å². The van der Waals surface area contributed by atoms with Gasteiger partial charge in [-0.1, -0.05) is 47.7 Å². The fraction of sp³-hybridized carbons (Fsp3) is 0.238. The average molecular weight is 426 g/mol. The Hall–Kier alpha value is -3.17. The quantitative estimate of drug-likeness (QED) is 0.652. The molecular formula is C21H19FN4O3S. The van der Waals surface area contributed by atoms with Gasteiger partial charge in [-0.2, -0.15) is 0 Å². The van der Waals surface area contributed by atoms with Gasteiger partial charge in [0.2, 0.25) is 5.13 Å². The molecule has 0 saturated carbocycles. The molecule has 1 aromatic heterocycles. The zero-order chi connectivity index (χ0) is 21.3. The monoisotopic (exact) mass is 426 g/mol. The van der Waals surface area contributed by atoms with Crippen LogP contribution in [-0.2, 0) is 11.3 Å². The lowest BCUT2D eigenvalue weighted by Gasteiger charge is -2.36. The first-order valence-corrected chi connectivity index (χ1v) is 10.1. The van der Waals surface area contributed by atoms with Crippen LogP contribution in [0.15, 0.2) is 48.5 Å². The van der Waals surface area contributed by atoms with Crippen molar-refractivity contribution in [2.45, 2.75) is 6.54 Å². The number of hydrogen-bond acceptors (Lipinski definition) is 6. The van der Waals surface area contributed by atoms with Crippen LogP contribution in [0.3, 0.4) is 0 Å². The Labute approximate surface area is 176 Å². The molecule has 1 aliphatic rings. The molecule has 1 amide bonds. The molecular weight excluding hydrogens is 407 g/mol. The number of carbonyl (C=O) groups excluding carboxylic acids is 1. The third-order valence-corrected chi connectivity index (χ3v) is 6.07. The van der Waals surface area contributed by atoms with Crippen LogP contribution in [-0.4, -0.2) is 52.2 Å². The number of aliphatic carboxylic acids is 1. The molecule has 0 bridgehead atoms. The number of benzene rings is 2. The molecule has 1 saturated heterocycles. The second-order valence-electron chi connectivity index (χ2n) is 7.16. The summed E-state index contributed by atoms with van der Waals surface area (Å²) in [6.45, 7) is 1.84. The first-order chi connectivity index (χ1) is 14.4. The van der Waals surface area contributed by atoms with E-state index < -0.39 is 17.7 Å². The smallest absolute Gasteiger partial charge is 0.309 e. The highest BCUT2D eigenvalue weighted by Gasteiger charge is 2.32. The number of carboxylic acids is 1. The van der Waals surface area contributed by atoms with E-state index in [2.05, 4.69) is 15.1 Å². The van der Waals surface area contributed by atoms with E-state index in [1.54, 1.807) is 13.1 Å². The number of amides is 1. The Bertz CT molecular complexity index is 1080. The van der Waals surface area contributed by atoms with E-state index in [9.17, 15) is 14.0 Å². The summed E-state index contributed by atoms with van der Waals surface area (Å²) < 4.78 is 13.9. The molecule has 0 spiro atoms. The van der Waals surface area contributed by atoms with Gasteiger partial charge in [-0.15, -0.1) is 10.2 Å². The zero-order valence-corrected chi connectivity index (χ0v) is 17.0. The number of rotatable bonds is 6. The highest BCUT2D eigenvalue weighted by molar-refractivity contribution is 7.18. The van der Waals surface area contributed by atoms with Crippen LogP contribution in [0.2, 0.25) is 0 Å². The summed E-state index contributed by atoms with van der Waals surface area (Å²) in [4.78, 5) is 26.8. The molecule has 9 heteroatoms. The SMILES string of the molecule is CN(C(=O)c1ccccc1F)c1nnc(-c2ccc(CN3CC(C(=O)O)C3)cc2)s1. The van der Waals surface area contributed by atoms with Gasteiger partial charge in [-0.3, -0.25) is 19.4 Å². The lowest BCUT2D eigenvalue weighted by Crippen LogP contribution is -2.49. The summed E-state index contributed by atoms with van der Waals surface area (Å²) in [6, 6.07) is 13.6. The molecule has 4 rings (SSSR count). The summed E-state index contributed by atoms with van der Waals surface area (Å²) in [5, 5.41) is 18.2. The molecule has 2 heterocycles. The van der Waals surface area contributed by atoms with Crippen LogP contribution in [0, 0.1) is 11.7 Å². The van der Waals surface area contributed by atoms with E-state index in [4.69, 9.17) is 5.11 Å². The molecule has 0 aliphatic carbocycles. The van der Waals surface area contributed by atoms with Crippen LogP contribution < -0.4 is 4.90 Å². The number of likely N-dealkylation sites (tertiary alicyclic amines) is 1. The van der Waals surface area contributed by atoms with Crippen LogP contribution in [0.1, 0.15) is 15.9 Å². The first-order valence-electron chi connectivity index (χ1n) is 9.33. The van der Waals surface area contributed by atoms with Crippen molar-refractivity contribution in [1.29, 1.82) is 0 Å². The maximum Gasteiger partial charge on any atom is 0.309 e. The van der Waals surface area contributed by atoms with Gasteiger partial charge >= 0.3 is 5.97 Å². The molecule has 1 fully saturated rings. The van der Waals surface area contributed by atoms with E-state index in [1.165, 1.54) is 34.4 Å². The van der Waals surface area contributed by atoms with Gasteiger partial charge in [-0.25, -0.2) is 4.39 Å². The summed E-state index contributed by atoms with van der Waals surface area (Å²) in [6.07, 6.45) is 0. The Morgan fingerprint density at radius 1 is 1.17 bits per heavy atom. The molecule has 0 atom stereocenters. The standard InChI is InChI=1S/C21H19FN4O3S/c1-25(19(27)16-4-2-3-5-17(16)22)21-24-23-18(30-21)14-8-6-13(7-9-14)10-26-11-15(12-26)20(28)29/h2-9,15H,10-12H2,1H3,(H,28,29). The number of halogens is 1. The Balaban J connectivity index is 1.42. The lowest BCUT2D eigenvalue weighted by molar-refractivity contribution is -0.147. The largest absolute Gasteiger partial charge is 0.481 e. The number of anilines is 1. The van der Waals surface area contributed by atoms with Gasteiger partial charge in [0, 0.05) is 32.2 Å². The van der Waals surface area contributed by atoms with E-state index in [1.807, 2.05) is 24.3 Å². The minimum absolute atomic E-state index is 0.0164. The summed E-state index contributed by atoms with van der Waals surface area (Å²) in [5.41, 5.74) is 1.93. The topological polar surface area (TPSA) is 86.6 Å². The predicted molar refractivity (Wildman–Crippen MR) is 111 cm³/mol. The van der Waals surface area contributed by atoms with Gasteiger partial charge in [0.1, 0.15) is 10.8 Å². The zero-order valence-electron chi connectivity index (χ0n) is 16.2. The molecule has 7 nitrogen and oxygen atoms in total. The van der Waals surface area contributed by atoms with Crippen LogP contribution in [0.4, 0.5) is 9.52 Å². The number of nitrogens with zero attached hydrogens (tertiary/aromatic N) is 4. The van der Waals surface area contributed by atoms with Gasteiger partial charge in [0.05, 0.1) is 11.5 Å². The van der Waals surface area contributed by atoms with E-state index in [0.717, 1.165) is 11.1 Å². The Kier molecular flexibility index (Phi) is 5.56. The third-order valence-electron chi connectivity index (χ3n) is 5.02. The van der Waals surface area contributed by atoms with Gasteiger partial charge in [-0.05, 0) is 17.7 Å². The van der Waals surface area contributed by atoms with Crippen molar-refractivity contribution < 1.29 is 19.1 Å². The fourth-order valence-corrected chi connectivity index (χ4v) is 4.05. The summed E-state index contributed by atoms with van der Waals surface area (Å²) in [5.74, 6) is -2.08.